The number of thiazole rings is 1. The molecule has 4 nitrogen and oxygen atoms in total. The van der Waals surface area contributed by atoms with E-state index in [2.05, 4.69) is 16.4 Å². The Hall–Kier alpha value is -2.25. The number of nitrogens with zero attached hydrogens (tertiary/aromatic N) is 1. The third-order valence-corrected chi connectivity index (χ3v) is 6.79. The smallest absolute Gasteiger partial charge is 0.259 e. The molecule has 0 saturated heterocycles. The van der Waals surface area contributed by atoms with Crippen molar-refractivity contribution in [1.29, 1.82) is 0 Å². The molecule has 0 bridgehead atoms. The predicted octanol–water partition coefficient (Wildman–Crippen LogP) is 7.02. The zero-order valence-electron chi connectivity index (χ0n) is 15.1. The summed E-state index contributed by atoms with van der Waals surface area (Å²) < 4.78 is 2.11. The molecular formula is C21H14Cl2N2O2S2. The number of carbonyl (C=O) groups excluding carboxylic acids is 1. The second-order valence-electron chi connectivity index (χ2n) is 6.26. The van der Waals surface area contributed by atoms with Gasteiger partial charge in [0.1, 0.15) is 5.75 Å². The number of anilines is 1. The van der Waals surface area contributed by atoms with Gasteiger partial charge >= 0.3 is 0 Å². The number of fused-ring (bicyclic) bond motifs is 1. The summed E-state index contributed by atoms with van der Waals surface area (Å²) in [5.41, 5.74) is 2.53. The number of hydrogen-bond donors (Lipinski definition) is 2. The SMILES string of the molecule is Cc1cc(Sc2nc3ccccc3s2)ccc1NC(=O)c1cc(Cl)cc(Cl)c1O. The van der Waals surface area contributed by atoms with Crippen molar-refractivity contribution in [3.63, 3.8) is 0 Å². The van der Waals surface area contributed by atoms with Gasteiger partial charge in [0.15, 0.2) is 4.34 Å². The molecule has 8 heteroatoms. The summed E-state index contributed by atoms with van der Waals surface area (Å²) in [6, 6.07) is 16.5. The van der Waals surface area contributed by atoms with Gasteiger partial charge in [0.25, 0.3) is 5.91 Å². The normalized spacial score (nSPS) is 11.0. The summed E-state index contributed by atoms with van der Waals surface area (Å²) in [4.78, 5) is 18.2. The van der Waals surface area contributed by atoms with Gasteiger partial charge in [-0.2, -0.15) is 0 Å². The maximum atomic E-state index is 12.6. The number of carbonyl (C=O) groups is 1. The van der Waals surface area contributed by atoms with Crippen LogP contribution in [0.15, 0.2) is 63.8 Å². The van der Waals surface area contributed by atoms with Crippen molar-refractivity contribution in [1.82, 2.24) is 4.98 Å². The van der Waals surface area contributed by atoms with Crippen LogP contribution in [0.5, 0.6) is 5.75 Å². The van der Waals surface area contributed by atoms with Gasteiger partial charge in [-0.15, -0.1) is 11.3 Å². The Kier molecular flexibility index (Phi) is 5.69. The zero-order chi connectivity index (χ0) is 20.5. The molecule has 0 spiro atoms. The summed E-state index contributed by atoms with van der Waals surface area (Å²) in [7, 11) is 0. The molecule has 0 aliphatic heterocycles. The van der Waals surface area contributed by atoms with Crippen molar-refractivity contribution in [2.75, 3.05) is 5.32 Å². The Morgan fingerprint density at radius 2 is 1.93 bits per heavy atom. The lowest BCUT2D eigenvalue weighted by atomic mass is 10.1. The fourth-order valence-corrected chi connectivity index (χ4v) is 5.40. The number of amides is 1. The molecule has 0 saturated carbocycles. The van der Waals surface area contributed by atoms with Crippen LogP contribution in [0, 0.1) is 6.92 Å². The third kappa shape index (κ3) is 4.36. The number of nitrogens with one attached hydrogen (secondary N) is 1. The Labute approximate surface area is 185 Å². The van der Waals surface area contributed by atoms with E-state index in [0.717, 1.165) is 25.0 Å². The molecule has 3 aromatic carbocycles. The molecule has 0 radical (unpaired) electrons. The average Bonchev–Trinajstić information content (AvgIpc) is 3.09. The van der Waals surface area contributed by atoms with Crippen LogP contribution in [-0.4, -0.2) is 16.0 Å². The van der Waals surface area contributed by atoms with Crippen molar-refractivity contribution >= 4 is 68.1 Å². The van der Waals surface area contributed by atoms with Crippen LogP contribution >= 0.6 is 46.3 Å². The number of rotatable bonds is 4. The van der Waals surface area contributed by atoms with E-state index in [9.17, 15) is 9.90 Å². The van der Waals surface area contributed by atoms with E-state index in [0.29, 0.717) is 5.69 Å². The number of benzene rings is 3. The molecule has 0 fully saturated rings. The van der Waals surface area contributed by atoms with Gasteiger partial charge in [0.2, 0.25) is 0 Å². The first-order chi connectivity index (χ1) is 13.9. The molecule has 0 aliphatic carbocycles. The summed E-state index contributed by atoms with van der Waals surface area (Å²) in [5.74, 6) is -0.782. The maximum absolute atomic E-state index is 12.6. The molecule has 0 unspecified atom stereocenters. The van der Waals surface area contributed by atoms with Gasteiger partial charge in [-0.1, -0.05) is 47.1 Å². The highest BCUT2D eigenvalue weighted by molar-refractivity contribution is 8.01. The van der Waals surface area contributed by atoms with E-state index < -0.39 is 5.91 Å². The molecule has 1 amide bonds. The molecular weight excluding hydrogens is 447 g/mol. The van der Waals surface area contributed by atoms with E-state index in [1.54, 1.807) is 23.1 Å². The molecule has 4 rings (SSSR count). The quantitative estimate of drug-likeness (QED) is 0.343. The van der Waals surface area contributed by atoms with Gasteiger partial charge < -0.3 is 10.4 Å². The molecule has 0 atom stereocenters. The Balaban J connectivity index is 1.53. The first-order valence-corrected chi connectivity index (χ1v) is 10.9. The minimum atomic E-state index is -0.485. The van der Waals surface area contributed by atoms with Gasteiger partial charge in [-0.3, -0.25) is 4.79 Å². The van der Waals surface area contributed by atoms with Crippen molar-refractivity contribution in [2.24, 2.45) is 0 Å². The standard InChI is InChI=1S/C21H14Cl2N2O2S2/c1-11-8-13(28-21-25-17-4-2-3-5-18(17)29-21)6-7-16(11)24-20(27)14-9-12(22)10-15(23)19(14)26/h2-10,26H,1H3,(H,24,27). The number of aryl methyl sites for hydroxylation is 1. The Morgan fingerprint density at radius 1 is 1.14 bits per heavy atom. The van der Waals surface area contributed by atoms with Gasteiger partial charge in [0.05, 0.1) is 20.8 Å². The lowest BCUT2D eigenvalue weighted by Gasteiger charge is -2.11. The Bertz CT molecular complexity index is 1210. The van der Waals surface area contributed by atoms with E-state index >= 15 is 0 Å². The molecule has 0 aliphatic rings. The zero-order valence-corrected chi connectivity index (χ0v) is 18.2. The molecule has 1 aromatic heterocycles. The van der Waals surface area contributed by atoms with Crippen LogP contribution in [0.1, 0.15) is 15.9 Å². The largest absolute Gasteiger partial charge is 0.506 e. The van der Waals surface area contributed by atoms with Crippen molar-refractivity contribution < 1.29 is 9.90 Å². The third-order valence-electron chi connectivity index (χ3n) is 4.20. The lowest BCUT2D eigenvalue weighted by Crippen LogP contribution is -2.13. The Morgan fingerprint density at radius 3 is 2.69 bits per heavy atom. The van der Waals surface area contributed by atoms with Crippen LogP contribution in [0.2, 0.25) is 10.0 Å². The molecule has 4 aromatic rings. The number of hydrogen-bond acceptors (Lipinski definition) is 5. The summed E-state index contributed by atoms with van der Waals surface area (Å²) in [6.07, 6.45) is 0. The van der Waals surface area contributed by atoms with Crippen LogP contribution in [-0.2, 0) is 0 Å². The monoisotopic (exact) mass is 460 g/mol. The fraction of sp³-hybridized carbons (Fsp3) is 0.0476. The average molecular weight is 461 g/mol. The first-order valence-electron chi connectivity index (χ1n) is 8.54. The molecule has 29 heavy (non-hydrogen) atoms. The van der Waals surface area contributed by atoms with Crippen LogP contribution in [0.4, 0.5) is 5.69 Å². The number of halogens is 2. The minimum absolute atomic E-state index is 0.0230. The predicted molar refractivity (Wildman–Crippen MR) is 121 cm³/mol. The second kappa shape index (κ2) is 8.24. The number of para-hydroxylation sites is 1. The topological polar surface area (TPSA) is 62.2 Å². The van der Waals surface area contributed by atoms with Crippen LogP contribution in [0.3, 0.4) is 0 Å². The fourth-order valence-electron chi connectivity index (χ4n) is 2.76. The number of phenolic OH excluding ortho intramolecular Hbond substituents is 1. The van der Waals surface area contributed by atoms with E-state index in [-0.39, 0.29) is 21.4 Å². The second-order valence-corrected chi connectivity index (χ2v) is 9.46. The van der Waals surface area contributed by atoms with Gasteiger partial charge in [-0.05, 0) is 55.0 Å². The van der Waals surface area contributed by atoms with Crippen LogP contribution < -0.4 is 5.32 Å². The van der Waals surface area contributed by atoms with E-state index in [1.165, 1.54) is 12.1 Å². The lowest BCUT2D eigenvalue weighted by molar-refractivity contribution is 0.102. The number of aromatic hydroxyl groups is 1. The van der Waals surface area contributed by atoms with Crippen molar-refractivity contribution in [3.05, 3.63) is 75.8 Å². The maximum Gasteiger partial charge on any atom is 0.259 e. The molecule has 2 N–H and O–H groups in total. The van der Waals surface area contributed by atoms with Gasteiger partial charge in [0, 0.05) is 15.6 Å². The minimum Gasteiger partial charge on any atom is -0.506 e. The highest BCUT2D eigenvalue weighted by Crippen LogP contribution is 2.36. The molecule has 146 valence electrons. The number of phenols is 1. The summed E-state index contributed by atoms with van der Waals surface area (Å²) >= 11 is 15.1. The van der Waals surface area contributed by atoms with Crippen LogP contribution in [0.25, 0.3) is 10.2 Å². The van der Waals surface area contributed by atoms with E-state index in [4.69, 9.17) is 23.2 Å². The summed E-state index contributed by atoms with van der Waals surface area (Å²) in [5, 5.41) is 13.1. The van der Waals surface area contributed by atoms with Crippen molar-refractivity contribution in [2.45, 2.75) is 16.2 Å². The number of aromatic nitrogens is 1. The molecule has 1 heterocycles. The summed E-state index contributed by atoms with van der Waals surface area (Å²) in [6.45, 7) is 1.91. The van der Waals surface area contributed by atoms with E-state index in [1.807, 2.05) is 43.3 Å². The highest BCUT2D eigenvalue weighted by atomic mass is 35.5. The van der Waals surface area contributed by atoms with Crippen molar-refractivity contribution in [3.8, 4) is 5.75 Å². The first kappa shape index (κ1) is 20.0. The highest BCUT2D eigenvalue weighted by Gasteiger charge is 2.16. The van der Waals surface area contributed by atoms with Gasteiger partial charge in [-0.25, -0.2) is 4.98 Å².